The molecule has 68 heavy (non-hydrogen) atoms. The second kappa shape index (κ2) is 16.2. The second-order valence-corrected chi connectivity index (χ2v) is 26.3. The van der Waals surface area contributed by atoms with Crippen molar-refractivity contribution in [2.24, 2.45) is 7.05 Å². The second-order valence-electron chi connectivity index (χ2n) is 17.7. The smallest absolute Gasteiger partial charge is 0.184 e. The molecular formula is C61H44N4SSi2. The van der Waals surface area contributed by atoms with Crippen molar-refractivity contribution in [1.82, 2.24) is 19.1 Å². The van der Waals surface area contributed by atoms with Gasteiger partial charge in [0.1, 0.15) is 11.5 Å². The third kappa shape index (κ3) is 5.99. The summed E-state index contributed by atoms with van der Waals surface area (Å²) in [4.78, 5) is 13.1. The van der Waals surface area contributed by atoms with E-state index in [0.717, 1.165) is 39.1 Å². The van der Waals surface area contributed by atoms with E-state index in [4.69, 9.17) is 9.97 Å². The maximum atomic E-state index is 5.29. The van der Waals surface area contributed by atoms with E-state index in [0.29, 0.717) is 0 Å². The molecule has 4 nitrogen and oxygen atoms in total. The molecule has 9 aromatic carbocycles. The summed E-state index contributed by atoms with van der Waals surface area (Å²) in [7, 11) is -3.95. The minimum absolute atomic E-state index is 0.955. The number of hydrogen-bond donors (Lipinski definition) is 0. The van der Waals surface area contributed by atoms with Gasteiger partial charge in [0.15, 0.2) is 16.1 Å². The van der Waals surface area contributed by atoms with E-state index >= 15 is 0 Å². The molecule has 12 aromatic rings. The summed E-state index contributed by atoms with van der Waals surface area (Å²) < 4.78 is 4.74. The zero-order chi connectivity index (χ0) is 45.2. The Kier molecular flexibility index (Phi) is 9.64. The van der Waals surface area contributed by atoms with E-state index < -0.39 is 16.1 Å². The van der Waals surface area contributed by atoms with Crippen LogP contribution < -0.4 is 41.5 Å². The van der Waals surface area contributed by atoms with Gasteiger partial charge in [0, 0.05) is 45.1 Å². The van der Waals surface area contributed by atoms with Gasteiger partial charge in [-0.25, -0.2) is 9.97 Å². The molecule has 1 aliphatic heterocycles. The van der Waals surface area contributed by atoms with Crippen LogP contribution >= 0.6 is 11.8 Å². The largest absolute Gasteiger partial charge is 0.327 e. The van der Waals surface area contributed by atoms with Gasteiger partial charge in [0.05, 0.1) is 16.6 Å². The number of hydrogen-bond acceptors (Lipinski definition) is 3. The first-order valence-electron chi connectivity index (χ1n) is 23.2. The topological polar surface area (TPSA) is 35.6 Å². The number of aryl methyl sites for hydroxylation is 1. The number of imidazole rings is 1. The first-order valence-corrected chi connectivity index (χ1v) is 28.0. The molecule has 322 valence electrons. The highest BCUT2D eigenvalue weighted by Gasteiger charge is 2.49. The lowest BCUT2D eigenvalue weighted by atomic mass is 10.2. The lowest BCUT2D eigenvalue weighted by molar-refractivity contribution is 0.959. The summed E-state index contributed by atoms with van der Waals surface area (Å²) >= 11 is 1.90. The summed E-state index contributed by atoms with van der Waals surface area (Å²) in [6, 6.07) is 90.5. The molecule has 7 heteroatoms. The first-order chi connectivity index (χ1) is 33.7. The number of benzene rings is 9. The molecule has 1 aliphatic rings. The molecular weight excluding hydrogens is 877 g/mol. The lowest BCUT2D eigenvalue weighted by Gasteiger charge is -2.40. The van der Waals surface area contributed by atoms with Crippen molar-refractivity contribution >= 4 is 102 Å². The fraction of sp³-hybridized carbons (Fsp3) is 0.0164. The van der Waals surface area contributed by atoms with Crippen molar-refractivity contribution < 1.29 is 0 Å². The Morgan fingerprint density at radius 2 is 1.09 bits per heavy atom. The molecule has 0 spiro atoms. The predicted molar refractivity (Wildman–Crippen MR) is 290 cm³/mol. The minimum Gasteiger partial charge on any atom is -0.327 e. The SMILES string of the molecule is Cn1c(-c2cccc([Si](c3ccccc3)(c3ccccc3)c3cccc(-n4c5ncccc5c5ccc6c(c54)[Si](c4ccccc4)(c4ccccc4)c4ccccc4S6)c3)c2)nc2ccccc21. The van der Waals surface area contributed by atoms with Gasteiger partial charge in [-0.05, 0) is 90.0 Å². The fourth-order valence-corrected chi connectivity index (χ4v) is 23.4. The Bertz CT molecular complexity index is 3770. The molecule has 0 saturated carbocycles. The highest BCUT2D eigenvalue weighted by molar-refractivity contribution is 8.00. The van der Waals surface area contributed by atoms with Gasteiger partial charge < -0.3 is 4.57 Å². The van der Waals surface area contributed by atoms with E-state index in [-0.39, 0.29) is 0 Å². The summed E-state index contributed by atoms with van der Waals surface area (Å²) in [5, 5.41) is 13.1. The van der Waals surface area contributed by atoms with Gasteiger partial charge in [0.2, 0.25) is 0 Å². The molecule has 0 N–H and O–H groups in total. The average Bonchev–Trinajstić information content (AvgIpc) is 3.94. The van der Waals surface area contributed by atoms with Crippen LogP contribution in [0.25, 0.3) is 50.0 Å². The van der Waals surface area contributed by atoms with Crippen molar-refractivity contribution in [3.63, 3.8) is 0 Å². The van der Waals surface area contributed by atoms with Crippen LogP contribution in [0.15, 0.2) is 259 Å². The zero-order valence-corrected chi connectivity index (χ0v) is 40.2. The van der Waals surface area contributed by atoms with Gasteiger partial charge in [0.25, 0.3) is 0 Å². The minimum atomic E-state index is -3.08. The number of pyridine rings is 1. The van der Waals surface area contributed by atoms with Crippen LogP contribution in [0, 0.1) is 0 Å². The van der Waals surface area contributed by atoms with Gasteiger partial charge in [-0.3, -0.25) is 4.57 Å². The Labute approximate surface area is 401 Å². The summed E-state index contributed by atoms with van der Waals surface area (Å²) in [5.74, 6) is 0.955. The van der Waals surface area contributed by atoms with Crippen molar-refractivity contribution in [2.45, 2.75) is 9.79 Å². The van der Waals surface area contributed by atoms with Crippen LogP contribution in [0.5, 0.6) is 0 Å². The van der Waals surface area contributed by atoms with Crippen LogP contribution in [0.3, 0.4) is 0 Å². The Balaban J connectivity index is 1.14. The normalized spacial score (nSPS) is 13.1. The molecule has 0 saturated heterocycles. The molecule has 4 heterocycles. The van der Waals surface area contributed by atoms with E-state index in [1.54, 1.807) is 0 Å². The molecule has 0 unspecified atom stereocenters. The number of para-hydroxylation sites is 2. The van der Waals surface area contributed by atoms with Crippen molar-refractivity contribution in [1.29, 1.82) is 0 Å². The first kappa shape index (κ1) is 40.5. The molecule has 13 rings (SSSR count). The van der Waals surface area contributed by atoms with Gasteiger partial charge in [-0.2, -0.15) is 0 Å². The quantitative estimate of drug-likeness (QED) is 0.113. The molecule has 0 fully saturated rings. The van der Waals surface area contributed by atoms with E-state index in [9.17, 15) is 0 Å². The Hall–Kier alpha value is -7.82. The van der Waals surface area contributed by atoms with Crippen molar-refractivity contribution in [3.8, 4) is 17.1 Å². The van der Waals surface area contributed by atoms with E-state index in [2.05, 4.69) is 259 Å². The van der Waals surface area contributed by atoms with Crippen LogP contribution in [0.1, 0.15) is 0 Å². The summed E-state index contributed by atoms with van der Waals surface area (Å²) in [6.45, 7) is 0. The number of fused-ring (bicyclic) bond motifs is 7. The summed E-state index contributed by atoms with van der Waals surface area (Å²) in [6.07, 6.45) is 1.96. The zero-order valence-electron chi connectivity index (χ0n) is 37.4. The van der Waals surface area contributed by atoms with Crippen molar-refractivity contribution in [2.75, 3.05) is 0 Å². The molecule has 0 amide bonds. The Morgan fingerprint density at radius 1 is 0.485 bits per heavy atom. The van der Waals surface area contributed by atoms with Gasteiger partial charge in [-0.15, -0.1) is 0 Å². The van der Waals surface area contributed by atoms with Crippen LogP contribution in [-0.4, -0.2) is 35.2 Å². The molecule has 0 atom stereocenters. The third-order valence-corrected chi connectivity index (χ3v) is 25.4. The molecule has 0 bridgehead atoms. The van der Waals surface area contributed by atoms with Crippen LogP contribution in [0.2, 0.25) is 0 Å². The molecule has 0 aliphatic carbocycles. The maximum Gasteiger partial charge on any atom is 0.184 e. The van der Waals surface area contributed by atoms with Gasteiger partial charge >= 0.3 is 0 Å². The third-order valence-electron chi connectivity index (χ3n) is 14.2. The standard InChI is InChI=1S/C61H44N4SSi2/c1-64-54-35-15-14-34-53(54)63-60(64)43-21-18-31-49(41-43)67(45-23-6-2-7-24-45,46-25-8-3-9-26-46)50-32-19-22-44(42-50)65-58-51(52-33-20-40-62-61(52)65)38-39-56-59(58)68(47-27-10-4-11-28-47,48-29-12-5-13-30-48)57-37-17-16-36-55(57)66-56/h2-42H,1H3. The molecule has 0 radical (unpaired) electrons. The average molecular weight is 921 g/mol. The Morgan fingerprint density at radius 3 is 1.79 bits per heavy atom. The van der Waals surface area contributed by atoms with Crippen molar-refractivity contribution in [3.05, 3.63) is 249 Å². The van der Waals surface area contributed by atoms with Crippen LogP contribution in [0.4, 0.5) is 0 Å². The number of aromatic nitrogens is 4. The highest BCUT2D eigenvalue weighted by Crippen LogP contribution is 2.39. The number of rotatable bonds is 8. The predicted octanol–water partition coefficient (Wildman–Crippen LogP) is 8.95. The van der Waals surface area contributed by atoms with E-state index in [1.165, 1.54) is 62.2 Å². The monoisotopic (exact) mass is 920 g/mol. The lowest BCUT2D eigenvalue weighted by Crippen LogP contribution is -2.76. The molecule has 3 aromatic heterocycles. The fourth-order valence-electron chi connectivity index (χ4n) is 11.4. The van der Waals surface area contributed by atoms with Crippen LogP contribution in [-0.2, 0) is 7.05 Å². The highest BCUT2D eigenvalue weighted by atomic mass is 32.2. The maximum absolute atomic E-state index is 5.29. The van der Waals surface area contributed by atoms with Gasteiger partial charge in [-0.1, -0.05) is 206 Å². The summed E-state index contributed by atoms with van der Waals surface area (Å²) in [5.41, 5.74) is 6.48. The van der Waals surface area contributed by atoms with E-state index in [1.807, 2.05) is 18.0 Å². The number of nitrogens with zero attached hydrogens (tertiary/aromatic N) is 4.